The molecule has 0 aromatic carbocycles. The van der Waals surface area contributed by atoms with E-state index in [1.54, 1.807) is 0 Å². The summed E-state index contributed by atoms with van der Waals surface area (Å²) in [4.78, 5) is 15.0. The summed E-state index contributed by atoms with van der Waals surface area (Å²) >= 11 is 0. The Balaban J connectivity index is 2.15. The average Bonchev–Trinajstić information content (AvgIpc) is 2.66. The third-order valence-corrected chi connectivity index (χ3v) is 2.76. The largest absolute Gasteiger partial charge is 0.478 e. The first-order chi connectivity index (χ1) is 7.09. The van der Waals surface area contributed by atoms with Crippen LogP contribution in [0.4, 0.5) is 0 Å². The number of likely N-dealkylation sites (N-methyl/N-ethyl adjacent to an activating group) is 1. The first kappa shape index (κ1) is 12.2. The van der Waals surface area contributed by atoms with Gasteiger partial charge < -0.3 is 14.9 Å². The lowest BCUT2D eigenvalue weighted by atomic mass is 10.3. The minimum Gasteiger partial charge on any atom is -0.478 e. The Morgan fingerprint density at radius 3 is 2.60 bits per heavy atom. The Kier molecular flexibility index (Phi) is 4.78. The van der Waals surface area contributed by atoms with E-state index in [2.05, 4.69) is 11.5 Å². The summed E-state index contributed by atoms with van der Waals surface area (Å²) in [5, 5.41) is 8.67. The molecule has 1 fully saturated rings. The molecule has 86 valence electrons. The highest BCUT2D eigenvalue weighted by Crippen LogP contribution is 2.06. The Morgan fingerprint density at radius 1 is 1.47 bits per heavy atom. The molecule has 0 radical (unpaired) electrons. The third kappa shape index (κ3) is 4.44. The molecule has 1 aliphatic heterocycles. The predicted molar refractivity (Wildman–Crippen MR) is 59.9 cm³/mol. The molecular formula is C11H20N2O2. The van der Waals surface area contributed by atoms with Crippen molar-refractivity contribution < 1.29 is 9.90 Å². The molecule has 1 heterocycles. The topological polar surface area (TPSA) is 43.8 Å². The van der Waals surface area contributed by atoms with Crippen LogP contribution in [0.5, 0.6) is 0 Å². The maximum Gasteiger partial charge on any atom is 0.332 e. The number of carbonyl (C=O) groups is 1. The van der Waals surface area contributed by atoms with Gasteiger partial charge in [0.1, 0.15) is 0 Å². The van der Waals surface area contributed by atoms with Gasteiger partial charge in [-0.25, -0.2) is 4.79 Å². The van der Waals surface area contributed by atoms with E-state index >= 15 is 0 Å². The quantitative estimate of drug-likeness (QED) is 0.657. The SMILES string of the molecule is C=C(CN(C)CCN1CCCC1)C(=O)O. The number of aliphatic carboxylic acids is 1. The molecule has 1 rings (SSSR count). The molecule has 1 saturated heterocycles. The monoisotopic (exact) mass is 212 g/mol. The van der Waals surface area contributed by atoms with Crippen LogP contribution in [-0.4, -0.2) is 60.6 Å². The van der Waals surface area contributed by atoms with Crippen molar-refractivity contribution in [1.82, 2.24) is 9.80 Å². The smallest absolute Gasteiger partial charge is 0.332 e. The molecule has 1 N–H and O–H groups in total. The standard InChI is InChI=1S/C11H20N2O2/c1-10(11(14)15)9-12(2)7-8-13-5-3-4-6-13/h1,3-9H2,2H3,(H,14,15). The summed E-state index contributed by atoms with van der Waals surface area (Å²) < 4.78 is 0. The summed E-state index contributed by atoms with van der Waals surface area (Å²) in [5.41, 5.74) is 0.263. The third-order valence-electron chi connectivity index (χ3n) is 2.76. The van der Waals surface area contributed by atoms with Crippen molar-refractivity contribution in [1.29, 1.82) is 0 Å². The summed E-state index contributed by atoms with van der Waals surface area (Å²) in [6.45, 7) is 8.28. The van der Waals surface area contributed by atoms with Crippen LogP contribution in [0.15, 0.2) is 12.2 Å². The molecule has 4 nitrogen and oxygen atoms in total. The van der Waals surface area contributed by atoms with Crippen molar-refractivity contribution in [3.63, 3.8) is 0 Å². The van der Waals surface area contributed by atoms with Crippen molar-refractivity contribution >= 4 is 5.97 Å². The molecule has 4 heteroatoms. The van der Waals surface area contributed by atoms with Crippen LogP contribution in [0.3, 0.4) is 0 Å². The Hall–Kier alpha value is -0.870. The van der Waals surface area contributed by atoms with Gasteiger partial charge in [-0.1, -0.05) is 6.58 Å². The van der Waals surface area contributed by atoms with E-state index in [1.165, 1.54) is 25.9 Å². The fourth-order valence-corrected chi connectivity index (χ4v) is 1.79. The molecule has 0 bridgehead atoms. The second-order valence-corrected chi connectivity index (χ2v) is 4.20. The zero-order valence-corrected chi connectivity index (χ0v) is 9.41. The molecule has 0 atom stereocenters. The molecule has 0 aromatic rings. The number of hydrogen-bond acceptors (Lipinski definition) is 3. The van der Waals surface area contributed by atoms with Crippen molar-refractivity contribution in [2.45, 2.75) is 12.8 Å². The van der Waals surface area contributed by atoms with Crippen LogP contribution in [0.25, 0.3) is 0 Å². The van der Waals surface area contributed by atoms with Gasteiger partial charge in [-0.15, -0.1) is 0 Å². The van der Waals surface area contributed by atoms with Gasteiger partial charge in [0, 0.05) is 25.2 Å². The van der Waals surface area contributed by atoms with Gasteiger partial charge in [-0.05, 0) is 33.0 Å². The van der Waals surface area contributed by atoms with Gasteiger partial charge in [0.15, 0.2) is 0 Å². The number of rotatable bonds is 6. The Labute approximate surface area is 91.2 Å². The lowest BCUT2D eigenvalue weighted by Crippen LogP contribution is -2.33. The van der Waals surface area contributed by atoms with Crippen LogP contribution < -0.4 is 0 Å². The molecule has 0 saturated carbocycles. The van der Waals surface area contributed by atoms with E-state index < -0.39 is 5.97 Å². The highest BCUT2D eigenvalue weighted by atomic mass is 16.4. The highest BCUT2D eigenvalue weighted by Gasteiger charge is 2.13. The fourth-order valence-electron chi connectivity index (χ4n) is 1.79. The van der Waals surface area contributed by atoms with Gasteiger partial charge in [0.05, 0.1) is 0 Å². The number of carboxylic acids is 1. The van der Waals surface area contributed by atoms with Crippen LogP contribution in [0, 0.1) is 0 Å². The second kappa shape index (κ2) is 5.88. The zero-order chi connectivity index (χ0) is 11.3. The number of carboxylic acid groups (broad SMARTS) is 1. The minimum atomic E-state index is -0.900. The van der Waals surface area contributed by atoms with Gasteiger partial charge in [-0.2, -0.15) is 0 Å². The number of likely N-dealkylation sites (tertiary alicyclic amines) is 1. The maximum absolute atomic E-state index is 10.6. The van der Waals surface area contributed by atoms with Crippen molar-refractivity contribution in [2.75, 3.05) is 39.8 Å². The van der Waals surface area contributed by atoms with E-state index in [9.17, 15) is 4.79 Å². The molecule has 15 heavy (non-hydrogen) atoms. The molecule has 0 unspecified atom stereocenters. The minimum absolute atomic E-state index is 0.263. The van der Waals surface area contributed by atoms with Crippen molar-refractivity contribution in [2.24, 2.45) is 0 Å². The van der Waals surface area contributed by atoms with Gasteiger partial charge in [0.2, 0.25) is 0 Å². The van der Waals surface area contributed by atoms with E-state index in [0.29, 0.717) is 6.54 Å². The van der Waals surface area contributed by atoms with Crippen LogP contribution in [0.2, 0.25) is 0 Å². The van der Waals surface area contributed by atoms with Crippen LogP contribution in [-0.2, 0) is 4.79 Å². The van der Waals surface area contributed by atoms with E-state index in [-0.39, 0.29) is 5.57 Å². The molecule has 0 spiro atoms. The van der Waals surface area contributed by atoms with E-state index in [1.807, 2.05) is 11.9 Å². The maximum atomic E-state index is 10.6. The van der Waals surface area contributed by atoms with E-state index in [0.717, 1.165) is 13.1 Å². The van der Waals surface area contributed by atoms with Gasteiger partial charge in [-0.3, -0.25) is 0 Å². The summed E-state index contributed by atoms with van der Waals surface area (Å²) in [6, 6.07) is 0. The van der Waals surface area contributed by atoms with Crippen molar-refractivity contribution in [3.8, 4) is 0 Å². The molecule has 0 amide bonds. The number of nitrogens with zero attached hydrogens (tertiary/aromatic N) is 2. The Morgan fingerprint density at radius 2 is 2.07 bits per heavy atom. The highest BCUT2D eigenvalue weighted by molar-refractivity contribution is 5.86. The summed E-state index contributed by atoms with van der Waals surface area (Å²) in [7, 11) is 1.93. The first-order valence-corrected chi connectivity index (χ1v) is 5.41. The lowest BCUT2D eigenvalue weighted by molar-refractivity contribution is -0.132. The molecular weight excluding hydrogens is 192 g/mol. The second-order valence-electron chi connectivity index (χ2n) is 4.20. The summed E-state index contributed by atoms with van der Waals surface area (Å²) in [5.74, 6) is -0.900. The van der Waals surface area contributed by atoms with Gasteiger partial charge in [0.25, 0.3) is 0 Å². The average molecular weight is 212 g/mol. The Bertz CT molecular complexity index is 235. The summed E-state index contributed by atoms with van der Waals surface area (Å²) in [6.07, 6.45) is 2.59. The molecule has 1 aliphatic rings. The number of hydrogen-bond donors (Lipinski definition) is 1. The van der Waals surface area contributed by atoms with Crippen LogP contribution >= 0.6 is 0 Å². The van der Waals surface area contributed by atoms with Crippen LogP contribution in [0.1, 0.15) is 12.8 Å². The zero-order valence-electron chi connectivity index (χ0n) is 9.41. The predicted octanol–water partition coefficient (Wildman–Crippen LogP) is 0.655. The van der Waals surface area contributed by atoms with Crippen molar-refractivity contribution in [3.05, 3.63) is 12.2 Å². The normalized spacial score (nSPS) is 17.2. The fraction of sp³-hybridized carbons (Fsp3) is 0.727. The molecule has 0 aliphatic carbocycles. The van der Waals surface area contributed by atoms with E-state index in [4.69, 9.17) is 5.11 Å². The molecule has 0 aromatic heterocycles. The lowest BCUT2D eigenvalue weighted by Gasteiger charge is -2.21. The first-order valence-electron chi connectivity index (χ1n) is 5.41. The van der Waals surface area contributed by atoms with Gasteiger partial charge >= 0.3 is 5.97 Å².